The van der Waals surface area contributed by atoms with Crippen LogP contribution in [0.3, 0.4) is 0 Å². The van der Waals surface area contributed by atoms with Crippen LogP contribution in [0.5, 0.6) is 5.75 Å². The summed E-state index contributed by atoms with van der Waals surface area (Å²) in [4.78, 5) is 12.3. The van der Waals surface area contributed by atoms with Gasteiger partial charge in [-0.3, -0.25) is 4.79 Å². The lowest BCUT2D eigenvalue weighted by atomic mass is 10.2. The van der Waals surface area contributed by atoms with E-state index in [-0.39, 0.29) is 35.1 Å². The lowest BCUT2D eigenvalue weighted by molar-refractivity contribution is 0.101. The number of carbonyl (C=O) groups is 1. The highest BCUT2D eigenvalue weighted by molar-refractivity contribution is 6.03. The standard InChI is InChI=1S/C18H12F4N2O3/c1-9-12(8-26-16-5-3-11(20)7-14(16)22)17(24-27-9)18(25)23-15-4-2-10(19)6-13(15)21/h2-7H,8H2,1H3,(H,23,25). The van der Waals surface area contributed by atoms with Crippen molar-refractivity contribution in [3.8, 4) is 5.75 Å². The van der Waals surface area contributed by atoms with Gasteiger partial charge >= 0.3 is 0 Å². The molecule has 27 heavy (non-hydrogen) atoms. The largest absolute Gasteiger partial charge is 0.486 e. The Bertz CT molecular complexity index is 1000. The Morgan fingerprint density at radius 2 is 1.74 bits per heavy atom. The molecule has 9 heteroatoms. The maximum Gasteiger partial charge on any atom is 0.278 e. The summed E-state index contributed by atoms with van der Waals surface area (Å²) < 4.78 is 63.4. The van der Waals surface area contributed by atoms with Gasteiger partial charge in [0.1, 0.15) is 29.8 Å². The number of nitrogens with one attached hydrogen (secondary N) is 1. The molecule has 0 atom stereocenters. The minimum Gasteiger partial charge on any atom is -0.486 e. The van der Waals surface area contributed by atoms with Crippen molar-refractivity contribution < 1.29 is 31.6 Å². The number of rotatable bonds is 5. The number of nitrogens with zero attached hydrogens (tertiary/aromatic N) is 1. The molecule has 0 saturated heterocycles. The highest BCUT2D eigenvalue weighted by atomic mass is 19.1. The third-order valence-corrected chi connectivity index (χ3v) is 3.65. The summed E-state index contributed by atoms with van der Waals surface area (Å²) in [5.74, 6) is -4.26. The summed E-state index contributed by atoms with van der Waals surface area (Å²) >= 11 is 0. The molecule has 1 N–H and O–H groups in total. The van der Waals surface area contributed by atoms with E-state index in [1.807, 2.05) is 0 Å². The van der Waals surface area contributed by atoms with Crippen LogP contribution < -0.4 is 10.1 Å². The number of aryl methyl sites for hydroxylation is 1. The van der Waals surface area contributed by atoms with Crippen molar-refractivity contribution in [2.24, 2.45) is 0 Å². The zero-order valence-electron chi connectivity index (χ0n) is 13.9. The first-order chi connectivity index (χ1) is 12.8. The molecule has 3 aromatic rings. The van der Waals surface area contributed by atoms with Gasteiger partial charge in [0.15, 0.2) is 17.3 Å². The van der Waals surface area contributed by atoms with E-state index in [9.17, 15) is 22.4 Å². The first-order valence-electron chi connectivity index (χ1n) is 7.64. The second kappa shape index (κ2) is 7.48. The van der Waals surface area contributed by atoms with Crippen molar-refractivity contribution in [1.82, 2.24) is 5.16 Å². The van der Waals surface area contributed by atoms with Crippen molar-refractivity contribution >= 4 is 11.6 Å². The summed E-state index contributed by atoms with van der Waals surface area (Å²) in [6, 6.07) is 5.42. The molecular formula is C18H12F4N2O3. The molecule has 0 aliphatic heterocycles. The molecular weight excluding hydrogens is 368 g/mol. The third kappa shape index (κ3) is 4.08. The maximum atomic E-state index is 13.7. The zero-order chi connectivity index (χ0) is 19.6. The molecule has 140 valence electrons. The first kappa shape index (κ1) is 18.4. The second-order valence-electron chi connectivity index (χ2n) is 5.51. The molecule has 0 spiro atoms. The maximum absolute atomic E-state index is 13.7. The third-order valence-electron chi connectivity index (χ3n) is 3.65. The molecule has 5 nitrogen and oxygen atoms in total. The minimum absolute atomic E-state index is 0.193. The van der Waals surface area contributed by atoms with Gasteiger partial charge in [-0.15, -0.1) is 0 Å². The van der Waals surface area contributed by atoms with Crippen LogP contribution in [0.25, 0.3) is 0 Å². The minimum atomic E-state index is -0.963. The molecule has 1 aromatic heterocycles. The van der Waals surface area contributed by atoms with Crippen LogP contribution in [-0.4, -0.2) is 11.1 Å². The smallest absolute Gasteiger partial charge is 0.278 e. The lowest BCUT2D eigenvalue weighted by Gasteiger charge is -2.08. The van der Waals surface area contributed by atoms with Gasteiger partial charge in [0.2, 0.25) is 0 Å². The Hall–Kier alpha value is -3.36. The number of ether oxygens (including phenoxy) is 1. The Morgan fingerprint density at radius 3 is 2.41 bits per heavy atom. The predicted molar refractivity (Wildman–Crippen MR) is 86.2 cm³/mol. The van der Waals surface area contributed by atoms with Crippen LogP contribution in [0.1, 0.15) is 21.8 Å². The number of carbonyl (C=O) groups excluding carboxylic acids is 1. The van der Waals surface area contributed by atoms with Gasteiger partial charge in [-0.25, -0.2) is 17.6 Å². The number of halogens is 4. The van der Waals surface area contributed by atoms with Gasteiger partial charge < -0.3 is 14.6 Å². The molecule has 0 saturated carbocycles. The fourth-order valence-corrected chi connectivity index (χ4v) is 2.25. The summed E-state index contributed by atoms with van der Waals surface area (Å²) in [6.07, 6.45) is 0. The van der Waals surface area contributed by atoms with E-state index in [1.165, 1.54) is 6.92 Å². The molecule has 1 heterocycles. The van der Waals surface area contributed by atoms with Gasteiger partial charge in [-0.2, -0.15) is 0 Å². The molecule has 0 bridgehead atoms. The van der Waals surface area contributed by atoms with E-state index in [4.69, 9.17) is 9.26 Å². The number of hydrogen-bond donors (Lipinski definition) is 1. The average molecular weight is 380 g/mol. The predicted octanol–water partition coefficient (Wildman–Crippen LogP) is 4.37. The van der Waals surface area contributed by atoms with Crippen molar-refractivity contribution in [2.75, 3.05) is 5.32 Å². The SMILES string of the molecule is Cc1onc(C(=O)Nc2ccc(F)cc2F)c1COc1ccc(F)cc1F. The second-order valence-corrected chi connectivity index (χ2v) is 5.51. The number of anilines is 1. The van der Waals surface area contributed by atoms with E-state index in [0.717, 1.165) is 24.3 Å². The summed E-state index contributed by atoms with van der Waals surface area (Å²) in [5, 5.41) is 5.83. The van der Waals surface area contributed by atoms with E-state index >= 15 is 0 Å². The molecule has 0 aliphatic carbocycles. The number of amides is 1. The van der Waals surface area contributed by atoms with Crippen molar-refractivity contribution in [3.05, 3.63) is 76.7 Å². The van der Waals surface area contributed by atoms with Crippen LogP contribution in [0, 0.1) is 30.2 Å². The fourth-order valence-electron chi connectivity index (χ4n) is 2.25. The highest BCUT2D eigenvalue weighted by Gasteiger charge is 2.22. The Morgan fingerprint density at radius 1 is 1.07 bits per heavy atom. The van der Waals surface area contributed by atoms with E-state index in [0.29, 0.717) is 12.1 Å². The topological polar surface area (TPSA) is 64.4 Å². The van der Waals surface area contributed by atoms with Crippen LogP contribution in [0.15, 0.2) is 40.9 Å². The quantitative estimate of drug-likeness (QED) is 0.668. The molecule has 1 amide bonds. The van der Waals surface area contributed by atoms with E-state index in [2.05, 4.69) is 10.5 Å². The molecule has 3 rings (SSSR count). The zero-order valence-corrected chi connectivity index (χ0v) is 13.9. The van der Waals surface area contributed by atoms with Gasteiger partial charge in [0, 0.05) is 12.1 Å². The number of hydrogen-bond acceptors (Lipinski definition) is 4. The van der Waals surface area contributed by atoms with Crippen molar-refractivity contribution in [2.45, 2.75) is 13.5 Å². The van der Waals surface area contributed by atoms with Crippen LogP contribution in [0.4, 0.5) is 23.2 Å². The summed E-state index contributed by atoms with van der Waals surface area (Å²) in [7, 11) is 0. The molecule has 0 fully saturated rings. The average Bonchev–Trinajstić information content (AvgIpc) is 2.97. The van der Waals surface area contributed by atoms with E-state index < -0.39 is 29.2 Å². The molecule has 0 aliphatic rings. The monoisotopic (exact) mass is 380 g/mol. The lowest BCUT2D eigenvalue weighted by Crippen LogP contribution is -2.16. The highest BCUT2D eigenvalue weighted by Crippen LogP contribution is 2.23. The van der Waals surface area contributed by atoms with Crippen LogP contribution in [0.2, 0.25) is 0 Å². The Labute approximate surface area is 150 Å². The molecule has 0 radical (unpaired) electrons. The first-order valence-corrected chi connectivity index (χ1v) is 7.64. The normalized spacial score (nSPS) is 10.7. The van der Waals surface area contributed by atoms with Crippen molar-refractivity contribution in [3.63, 3.8) is 0 Å². The fraction of sp³-hybridized carbons (Fsp3) is 0.111. The van der Waals surface area contributed by atoms with Crippen LogP contribution in [-0.2, 0) is 6.61 Å². The van der Waals surface area contributed by atoms with Crippen molar-refractivity contribution in [1.29, 1.82) is 0 Å². The van der Waals surface area contributed by atoms with Crippen LogP contribution >= 0.6 is 0 Å². The Balaban J connectivity index is 1.78. The number of aromatic nitrogens is 1. The molecule has 2 aromatic carbocycles. The summed E-state index contributed by atoms with van der Waals surface area (Å²) in [5.41, 5.74) is -0.268. The summed E-state index contributed by atoms with van der Waals surface area (Å²) in [6.45, 7) is 1.20. The Kier molecular flexibility index (Phi) is 5.11. The van der Waals surface area contributed by atoms with E-state index in [1.54, 1.807) is 0 Å². The van der Waals surface area contributed by atoms with Gasteiger partial charge in [0.05, 0.1) is 11.3 Å². The number of benzene rings is 2. The van der Waals surface area contributed by atoms with Gasteiger partial charge in [-0.05, 0) is 31.2 Å². The van der Waals surface area contributed by atoms with Gasteiger partial charge in [-0.1, -0.05) is 5.16 Å². The molecule has 0 unspecified atom stereocenters. The van der Waals surface area contributed by atoms with Gasteiger partial charge in [0.25, 0.3) is 5.91 Å².